The highest BCUT2D eigenvalue weighted by Crippen LogP contribution is 2.00. The lowest BCUT2D eigenvalue weighted by molar-refractivity contribution is -0.142. The molecule has 0 radical (unpaired) electrons. The number of rotatable bonds is 12. The number of hydrogen-bond donors (Lipinski definition) is 8. The van der Waals surface area contributed by atoms with Crippen LogP contribution in [0.15, 0.2) is 12.5 Å². The van der Waals surface area contributed by atoms with Crippen molar-refractivity contribution in [1.82, 2.24) is 25.9 Å². The first kappa shape index (κ1) is 24.9. The summed E-state index contributed by atoms with van der Waals surface area (Å²) in [6, 6.07) is -4.94. The molecule has 0 fully saturated rings. The number of aromatic nitrogens is 2. The summed E-state index contributed by atoms with van der Waals surface area (Å²) in [4.78, 5) is 64.9. The molecule has 0 aromatic carbocycles. The van der Waals surface area contributed by atoms with Gasteiger partial charge in [0.25, 0.3) is 0 Å². The molecule has 1 rings (SSSR count). The Morgan fingerprint density at radius 2 is 1.73 bits per heavy atom. The van der Waals surface area contributed by atoms with Crippen molar-refractivity contribution in [2.24, 2.45) is 5.73 Å². The Hall–Kier alpha value is -3.13. The molecule has 8 N–H and O–H groups in total. The van der Waals surface area contributed by atoms with E-state index in [9.17, 15) is 29.1 Å². The molecule has 0 aliphatic carbocycles. The standard InChI is InChI=1S/C16H24N6O7S/c1-7(13(25)21-10(16(28)29)2-8-4-18-6-19-8)20-15(27)11(5-30)22-14(26)9(17)3-12(23)24/h4,6-7,9-11,30H,2-3,5,17H2,1H3,(H,18,19)(H,20,27)(H,21,25)(H,22,26)(H,23,24)(H,28,29). The van der Waals surface area contributed by atoms with Crippen LogP contribution in [0.1, 0.15) is 19.0 Å². The summed E-state index contributed by atoms with van der Waals surface area (Å²) in [5, 5.41) is 24.8. The van der Waals surface area contributed by atoms with Crippen LogP contribution in [0.4, 0.5) is 0 Å². The quantitative estimate of drug-likeness (QED) is 0.156. The zero-order valence-corrected chi connectivity index (χ0v) is 16.9. The van der Waals surface area contributed by atoms with Gasteiger partial charge in [0.15, 0.2) is 0 Å². The molecule has 166 valence electrons. The van der Waals surface area contributed by atoms with Gasteiger partial charge in [-0.15, -0.1) is 0 Å². The van der Waals surface area contributed by atoms with Crippen molar-refractivity contribution in [3.8, 4) is 0 Å². The van der Waals surface area contributed by atoms with E-state index in [-0.39, 0.29) is 12.2 Å². The zero-order chi connectivity index (χ0) is 22.8. The molecule has 0 saturated carbocycles. The third-order valence-electron chi connectivity index (χ3n) is 3.89. The molecule has 4 atom stereocenters. The molecule has 1 heterocycles. The number of nitrogens with zero attached hydrogens (tertiary/aromatic N) is 1. The number of carbonyl (C=O) groups excluding carboxylic acids is 3. The number of H-pyrrole nitrogens is 1. The highest BCUT2D eigenvalue weighted by atomic mass is 32.1. The number of thiol groups is 1. The van der Waals surface area contributed by atoms with Crippen LogP contribution in [0.25, 0.3) is 0 Å². The van der Waals surface area contributed by atoms with Crippen molar-refractivity contribution in [2.45, 2.75) is 43.9 Å². The van der Waals surface area contributed by atoms with E-state index < -0.39 is 60.2 Å². The van der Waals surface area contributed by atoms with Gasteiger partial charge in [-0.1, -0.05) is 0 Å². The van der Waals surface area contributed by atoms with Gasteiger partial charge in [0.1, 0.15) is 18.1 Å². The van der Waals surface area contributed by atoms with Crippen LogP contribution in [-0.4, -0.2) is 79.8 Å². The summed E-state index contributed by atoms with van der Waals surface area (Å²) in [5.41, 5.74) is 5.93. The molecule has 4 unspecified atom stereocenters. The number of carbonyl (C=O) groups is 5. The Bertz CT molecular complexity index is 772. The number of aliphatic carboxylic acids is 2. The van der Waals surface area contributed by atoms with Gasteiger partial charge < -0.3 is 36.9 Å². The molecule has 3 amide bonds. The zero-order valence-electron chi connectivity index (χ0n) is 16.0. The Labute approximate surface area is 176 Å². The van der Waals surface area contributed by atoms with Crippen LogP contribution in [0.2, 0.25) is 0 Å². The van der Waals surface area contributed by atoms with Gasteiger partial charge in [-0.2, -0.15) is 12.6 Å². The van der Waals surface area contributed by atoms with E-state index in [1.165, 1.54) is 19.4 Å². The number of aromatic amines is 1. The lowest BCUT2D eigenvalue weighted by Gasteiger charge is -2.22. The second kappa shape index (κ2) is 11.8. The maximum absolute atomic E-state index is 12.3. The molecule has 0 aliphatic rings. The largest absolute Gasteiger partial charge is 0.481 e. The van der Waals surface area contributed by atoms with Crippen LogP contribution < -0.4 is 21.7 Å². The minimum absolute atomic E-state index is 0.0431. The lowest BCUT2D eigenvalue weighted by atomic mass is 10.1. The average molecular weight is 444 g/mol. The van der Waals surface area contributed by atoms with E-state index in [1.807, 2.05) is 0 Å². The van der Waals surface area contributed by atoms with Crippen LogP contribution in [0, 0.1) is 0 Å². The minimum Gasteiger partial charge on any atom is -0.481 e. The van der Waals surface area contributed by atoms with E-state index in [4.69, 9.17) is 10.8 Å². The van der Waals surface area contributed by atoms with E-state index in [2.05, 4.69) is 38.5 Å². The molecule has 14 heteroatoms. The fraction of sp³-hybridized carbons (Fsp3) is 0.500. The second-order valence-electron chi connectivity index (χ2n) is 6.36. The maximum Gasteiger partial charge on any atom is 0.326 e. The van der Waals surface area contributed by atoms with Crippen LogP contribution in [-0.2, 0) is 30.4 Å². The molecule has 30 heavy (non-hydrogen) atoms. The predicted molar refractivity (Wildman–Crippen MR) is 105 cm³/mol. The van der Waals surface area contributed by atoms with Gasteiger partial charge in [-0.3, -0.25) is 19.2 Å². The van der Waals surface area contributed by atoms with E-state index in [0.29, 0.717) is 5.69 Å². The Morgan fingerprint density at radius 1 is 1.10 bits per heavy atom. The molecule has 1 aromatic rings. The summed E-state index contributed by atoms with van der Waals surface area (Å²) < 4.78 is 0. The molecule has 0 saturated heterocycles. The molecule has 1 aromatic heterocycles. The normalized spacial score (nSPS) is 14.6. The number of carboxylic acid groups (broad SMARTS) is 2. The van der Waals surface area contributed by atoms with E-state index >= 15 is 0 Å². The van der Waals surface area contributed by atoms with Gasteiger partial charge in [-0.05, 0) is 6.92 Å². The maximum atomic E-state index is 12.3. The summed E-state index contributed by atoms with van der Waals surface area (Å²) in [7, 11) is 0. The summed E-state index contributed by atoms with van der Waals surface area (Å²) in [5.74, 6) is -5.11. The number of amides is 3. The van der Waals surface area contributed by atoms with Crippen LogP contribution >= 0.6 is 12.6 Å². The highest BCUT2D eigenvalue weighted by molar-refractivity contribution is 7.80. The van der Waals surface area contributed by atoms with Crippen molar-refractivity contribution in [1.29, 1.82) is 0 Å². The Kier molecular flexibility index (Phi) is 9.77. The monoisotopic (exact) mass is 444 g/mol. The summed E-state index contributed by atoms with van der Waals surface area (Å²) >= 11 is 3.95. The smallest absolute Gasteiger partial charge is 0.326 e. The molecule has 0 spiro atoms. The van der Waals surface area contributed by atoms with Crippen LogP contribution in [0.5, 0.6) is 0 Å². The van der Waals surface area contributed by atoms with E-state index in [0.717, 1.165) is 0 Å². The van der Waals surface area contributed by atoms with Crippen molar-refractivity contribution in [2.75, 3.05) is 5.75 Å². The van der Waals surface area contributed by atoms with Gasteiger partial charge in [-0.25, -0.2) is 9.78 Å². The highest BCUT2D eigenvalue weighted by Gasteiger charge is 2.28. The number of imidazole rings is 1. The Balaban J connectivity index is 2.64. The van der Waals surface area contributed by atoms with Gasteiger partial charge >= 0.3 is 11.9 Å². The van der Waals surface area contributed by atoms with Gasteiger partial charge in [0.05, 0.1) is 18.8 Å². The first-order valence-electron chi connectivity index (χ1n) is 8.74. The first-order valence-corrected chi connectivity index (χ1v) is 9.37. The van der Waals surface area contributed by atoms with Gasteiger partial charge in [0.2, 0.25) is 17.7 Å². The number of nitrogens with two attached hydrogens (primary N) is 1. The SMILES string of the molecule is CC(NC(=O)C(CS)NC(=O)C(N)CC(=O)O)C(=O)NC(Cc1cnc[nH]1)C(=O)O. The average Bonchev–Trinajstić information content (AvgIpc) is 3.17. The topological polar surface area (TPSA) is 217 Å². The fourth-order valence-electron chi connectivity index (χ4n) is 2.25. The predicted octanol–water partition coefficient (Wildman–Crippen LogP) is -2.76. The third kappa shape index (κ3) is 8.08. The number of nitrogens with one attached hydrogen (secondary N) is 4. The summed E-state index contributed by atoms with van der Waals surface area (Å²) in [6.45, 7) is 1.33. The van der Waals surface area contributed by atoms with Crippen molar-refractivity contribution in [3.05, 3.63) is 18.2 Å². The summed E-state index contributed by atoms with van der Waals surface area (Å²) in [6.07, 6.45) is 2.12. The molecule has 0 aliphatic heterocycles. The molecule has 13 nitrogen and oxygen atoms in total. The number of carboxylic acids is 2. The first-order chi connectivity index (χ1) is 14.0. The lowest BCUT2D eigenvalue weighted by Crippen LogP contribution is -2.57. The minimum atomic E-state index is -1.36. The molecular formula is C16H24N6O7S. The van der Waals surface area contributed by atoms with Crippen molar-refractivity contribution in [3.63, 3.8) is 0 Å². The van der Waals surface area contributed by atoms with E-state index in [1.54, 1.807) is 0 Å². The third-order valence-corrected chi connectivity index (χ3v) is 4.26. The van der Waals surface area contributed by atoms with Gasteiger partial charge in [0, 0.05) is 24.1 Å². The van der Waals surface area contributed by atoms with Crippen molar-refractivity contribution >= 4 is 42.3 Å². The molecule has 0 bridgehead atoms. The fourth-order valence-corrected chi connectivity index (χ4v) is 2.50. The molecular weight excluding hydrogens is 420 g/mol. The van der Waals surface area contributed by atoms with Crippen LogP contribution in [0.3, 0.4) is 0 Å². The number of hydrogen-bond acceptors (Lipinski definition) is 8. The Morgan fingerprint density at radius 3 is 2.23 bits per heavy atom. The second-order valence-corrected chi connectivity index (χ2v) is 6.72. The van der Waals surface area contributed by atoms with Crippen molar-refractivity contribution < 1.29 is 34.2 Å².